The molecule has 2 aromatic heterocycles. The lowest BCUT2D eigenvalue weighted by Gasteiger charge is -2.21. The number of hydrogen-bond acceptors (Lipinski definition) is 4. The first-order valence-electron chi connectivity index (χ1n) is 11.3. The van der Waals surface area contributed by atoms with Gasteiger partial charge in [-0.05, 0) is 55.3 Å². The van der Waals surface area contributed by atoms with Crippen LogP contribution in [0.2, 0.25) is 0 Å². The van der Waals surface area contributed by atoms with Crippen LogP contribution in [0.1, 0.15) is 18.4 Å². The van der Waals surface area contributed by atoms with Crippen molar-refractivity contribution in [2.24, 2.45) is 0 Å². The Morgan fingerprint density at radius 1 is 1.00 bits per heavy atom. The molecule has 0 unspecified atom stereocenters. The SMILES string of the molecule is O=C(/C=C/c1cn(-c2ccccc2)nc1-c1cccnc1)Nc1c(F)cccc1N1CCCC1. The molecule has 1 aliphatic rings. The quantitative estimate of drug-likeness (QED) is 0.401. The molecule has 5 rings (SSSR count). The molecule has 0 spiro atoms. The molecule has 0 bridgehead atoms. The van der Waals surface area contributed by atoms with Crippen LogP contribution in [0.5, 0.6) is 0 Å². The van der Waals surface area contributed by atoms with E-state index >= 15 is 0 Å². The van der Waals surface area contributed by atoms with Gasteiger partial charge >= 0.3 is 0 Å². The summed E-state index contributed by atoms with van der Waals surface area (Å²) in [6.45, 7) is 1.71. The number of rotatable bonds is 6. The van der Waals surface area contributed by atoms with E-state index in [0.29, 0.717) is 11.4 Å². The highest BCUT2D eigenvalue weighted by Gasteiger charge is 2.19. The molecule has 2 aromatic carbocycles. The molecule has 1 saturated heterocycles. The number of halogens is 1. The Labute approximate surface area is 197 Å². The Bertz CT molecular complexity index is 1310. The topological polar surface area (TPSA) is 63.1 Å². The summed E-state index contributed by atoms with van der Waals surface area (Å²) in [7, 11) is 0. The van der Waals surface area contributed by atoms with E-state index in [4.69, 9.17) is 5.10 Å². The van der Waals surface area contributed by atoms with Crippen LogP contribution < -0.4 is 10.2 Å². The van der Waals surface area contributed by atoms with Gasteiger partial charge in [0, 0.05) is 48.9 Å². The second-order valence-electron chi connectivity index (χ2n) is 8.11. The number of pyridine rings is 1. The van der Waals surface area contributed by atoms with Gasteiger partial charge in [-0.25, -0.2) is 9.07 Å². The number of carbonyl (C=O) groups excluding carboxylic acids is 1. The minimum atomic E-state index is -0.445. The molecule has 0 saturated carbocycles. The number of para-hydroxylation sites is 2. The molecule has 170 valence electrons. The maximum absolute atomic E-state index is 14.6. The van der Waals surface area contributed by atoms with Crippen molar-refractivity contribution in [1.82, 2.24) is 14.8 Å². The minimum absolute atomic E-state index is 0.214. The molecule has 1 amide bonds. The van der Waals surface area contributed by atoms with Crippen molar-refractivity contribution in [2.75, 3.05) is 23.3 Å². The Hall–Kier alpha value is -4.26. The lowest BCUT2D eigenvalue weighted by molar-refractivity contribution is -0.111. The third-order valence-electron chi connectivity index (χ3n) is 5.80. The minimum Gasteiger partial charge on any atom is -0.370 e. The monoisotopic (exact) mass is 453 g/mol. The highest BCUT2D eigenvalue weighted by atomic mass is 19.1. The molecule has 1 fully saturated rings. The molecule has 0 radical (unpaired) electrons. The van der Waals surface area contributed by atoms with Crippen molar-refractivity contribution in [1.29, 1.82) is 0 Å². The fraction of sp³-hybridized carbons (Fsp3) is 0.148. The number of hydrogen-bond donors (Lipinski definition) is 1. The summed E-state index contributed by atoms with van der Waals surface area (Å²) in [5, 5.41) is 7.46. The van der Waals surface area contributed by atoms with Crippen molar-refractivity contribution in [3.05, 3.63) is 96.7 Å². The highest BCUT2D eigenvalue weighted by molar-refractivity contribution is 6.04. The Morgan fingerprint density at radius 3 is 2.59 bits per heavy atom. The van der Waals surface area contributed by atoms with Crippen molar-refractivity contribution in [2.45, 2.75) is 12.8 Å². The number of anilines is 2. The van der Waals surface area contributed by atoms with Crippen molar-refractivity contribution in [3.8, 4) is 16.9 Å². The van der Waals surface area contributed by atoms with Crippen molar-refractivity contribution < 1.29 is 9.18 Å². The third-order valence-corrected chi connectivity index (χ3v) is 5.80. The number of benzene rings is 2. The zero-order valence-electron chi connectivity index (χ0n) is 18.6. The summed E-state index contributed by atoms with van der Waals surface area (Å²) >= 11 is 0. The van der Waals surface area contributed by atoms with Crippen molar-refractivity contribution in [3.63, 3.8) is 0 Å². The van der Waals surface area contributed by atoms with E-state index in [1.54, 1.807) is 29.2 Å². The molecule has 0 atom stereocenters. The predicted octanol–water partition coefficient (Wildman–Crippen LogP) is 5.33. The van der Waals surface area contributed by atoms with Gasteiger partial charge in [-0.2, -0.15) is 5.10 Å². The maximum atomic E-state index is 14.6. The van der Waals surface area contributed by atoms with Crippen LogP contribution in [-0.2, 0) is 4.79 Å². The molecular formula is C27H24FN5O. The van der Waals surface area contributed by atoms with E-state index in [0.717, 1.165) is 42.7 Å². The highest BCUT2D eigenvalue weighted by Crippen LogP contribution is 2.31. The van der Waals surface area contributed by atoms with Gasteiger partial charge in [0.1, 0.15) is 17.2 Å². The number of nitrogens with zero attached hydrogens (tertiary/aromatic N) is 4. The molecular weight excluding hydrogens is 429 g/mol. The summed E-state index contributed by atoms with van der Waals surface area (Å²) in [5.74, 6) is -0.853. The smallest absolute Gasteiger partial charge is 0.248 e. The van der Waals surface area contributed by atoms with Crippen LogP contribution in [0.15, 0.2) is 85.3 Å². The van der Waals surface area contributed by atoms with Gasteiger partial charge in [0.15, 0.2) is 0 Å². The number of aromatic nitrogens is 3. The van der Waals surface area contributed by atoms with E-state index < -0.39 is 11.7 Å². The summed E-state index contributed by atoms with van der Waals surface area (Å²) in [6.07, 6.45) is 10.5. The second-order valence-corrected chi connectivity index (χ2v) is 8.11. The van der Waals surface area contributed by atoms with E-state index in [9.17, 15) is 9.18 Å². The normalized spacial score (nSPS) is 13.5. The van der Waals surface area contributed by atoms with Gasteiger partial charge < -0.3 is 10.2 Å². The van der Waals surface area contributed by atoms with E-state index in [2.05, 4.69) is 15.2 Å². The summed E-state index contributed by atoms with van der Waals surface area (Å²) in [6, 6.07) is 18.4. The lowest BCUT2D eigenvalue weighted by atomic mass is 10.1. The fourth-order valence-electron chi connectivity index (χ4n) is 4.14. The van der Waals surface area contributed by atoms with Gasteiger partial charge in [-0.15, -0.1) is 0 Å². The van der Waals surface area contributed by atoms with Crippen LogP contribution in [0.3, 0.4) is 0 Å². The fourth-order valence-corrected chi connectivity index (χ4v) is 4.14. The first kappa shape index (κ1) is 21.6. The average molecular weight is 454 g/mol. The van der Waals surface area contributed by atoms with Crippen LogP contribution in [0, 0.1) is 5.82 Å². The number of carbonyl (C=O) groups is 1. The maximum Gasteiger partial charge on any atom is 0.248 e. The van der Waals surface area contributed by atoms with Crippen molar-refractivity contribution >= 4 is 23.4 Å². The molecule has 6 nitrogen and oxygen atoms in total. The summed E-state index contributed by atoms with van der Waals surface area (Å²) in [4.78, 5) is 19.1. The van der Waals surface area contributed by atoms with Crippen LogP contribution in [0.25, 0.3) is 23.0 Å². The number of amides is 1. The molecule has 34 heavy (non-hydrogen) atoms. The van der Waals surface area contributed by atoms with Crippen LogP contribution >= 0.6 is 0 Å². The summed E-state index contributed by atoms with van der Waals surface area (Å²) < 4.78 is 16.4. The molecule has 1 aliphatic heterocycles. The largest absolute Gasteiger partial charge is 0.370 e. The van der Waals surface area contributed by atoms with Gasteiger partial charge in [0.25, 0.3) is 0 Å². The second kappa shape index (κ2) is 9.70. The number of nitrogens with one attached hydrogen (secondary N) is 1. The molecule has 1 N–H and O–H groups in total. The Balaban J connectivity index is 1.43. The standard InChI is InChI=1S/C27H24FN5O/c28-23-11-6-12-24(32-16-4-5-17-32)27(23)30-25(34)14-13-21-19-33(22-9-2-1-3-10-22)31-26(21)20-8-7-15-29-18-20/h1-3,6-15,18-19H,4-5,16-17H2,(H,30,34)/b14-13+. The lowest BCUT2D eigenvalue weighted by Crippen LogP contribution is -2.21. The average Bonchev–Trinajstić information content (AvgIpc) is 3.56. The molecule has 3 heterocycles. The zero-order chi connectivity index (χ0) is 23.3. The predicted molar refractivity (Wildman–Crippen MR) is 132 cm³/mol. The van der Waals surface area contributed by atoms with Gasteiger partial charge in [-0.1, -0.05) is 24.3 Å². The molecule has 4 aromatic rings. The van der Waals surface area contributed by atoms with E-state index in [1.807, 2.05) is 54.7 Å². The molecule has 0 aliphatic carbocycles. The Kier molecular flexibility index (Phi) is 6.16. The third kappa shape index (κ3) is 4.59. The van der Waals surface area contributed by atoms with E-state index in [-0.39, 0.29) is 5.69 Å². The molecule has 7 heteroatoms. The van der Waals surface area contributed by atoms with Gasteiger partial charge in [0.2, 0.25) is 5.91 Å². The van der Waals surface area contributed by atoms with E-state index in [1.165, 1.54) is 12.1 Å². The van der Waals surface area contributed by atoms with Gasteiger partial charge in [0.05, 0.1) is 11.4 Å². The first-order chi connectivity index (χ1) is 16.7. The van der Waals surface area contributed by atoms with Crippen LogP contribution in [0.4, 0.5) is 15.8 Å². The van der Waals surface area contributed by atoms with Gasteiger partial charge in [-0.3, -0.25) is 9.78 Å². The zero-order valence-corrected chi connectivity index (χ0v) is 18.6. The first-order valence-corrected chi connectivity index (χ1v) is 11.3. The summed E-state index contributed by atoms with van der Waals surface area (Å²) in [5.41, 5.74) is 4.12. The van der Waals surface area contributed by atoms with Crippen LogP contribution in [-0.4, -0.2) is 33.8 Å². The Morgan fingerprint density at radius 2 is 1.82 bits per heavy atom.